The second-order valence-electron chi connectivity index (χ2n) is 4.82. The minimum Gasteiger partial charge on any atom is -0.507 e. The van der Waals surface area contributed by atoms with E-state index in [2.05, 4.69) is 5.32 Å². The number of aliphatic hydroxyl groups is 1. The Morgan fingerprint density at radius 2 is 1.71 bits per heavy atom. The van der Waals surface area contributed by atoms with Crippen LogP contribution in [0.4, 0.5) is 0 Å². The van der Waals surface area contributed by atoms with E-state index in [-0.39, 0.29) is 29.9 Å². The molecule has 0 aliphatic carbocycles. The van der Waals surface area contributed by atoms with Crippen LogP contribution in [0, 0.1) is 0 Å². The maximum absolute atomic E-state index is 12.3. The number of nitrogens with one attached hydrogen (secondary N) is 1. The van der Waals surface area contributed by atoms with Gasteiger partial charge in [-0.2, -0.15) is 0 Å². The van der Waals surface area contributed by atoms with Crippen LogP contribution >= 0.6 is 0 Å². The Hall–Kier alpha value is -2.33. The molecule has 0 aliphatic rings. The maximum Gasteiger partial charge on any atom is 0.255 e. The summed E-state index contributed by atoms with van der Waals surface area (Å²) in [5.74, 6) is -0.358. The van der Waals surface area contributed by atoms with Gasteiger partial charge >= 0.3 is 0 Å². The van der Waals surface area contributed by atoms with Crippen molar-refractivity contribution in [2.45, 2.75) is 18.9 Å². The molecule has 0 spiro atoms. The summed E-state index contributed by atoms with van der Waals surface area (Å²) in [6.45, 7) is 0.0792. The van der Waals surface area contributed by atoms with Gasteiger partial charge in [0.05, 0.1) is 11.6 Å². The van der Waals surface area contributed by atoms with Gasteiger partial charge in [0.15, 0.2) is 0 Å². The molecule has 0 aromatic heterocycles. The van der Waals surface area contributed by atoms with Crippen LogP contribution < -0.4 is 5.32 Å². The van der Waals surface area contributed by atoms with E-state index in [0.29, 0.717) is 12.8 Å². The molecule has 0 aliphatic heterocycles. The van der Waals surface area contributed by atoms with Gasteiger partial charge in [-0.1, -0.05) is 42.5 Å². The van der Waals surface area contributed by atoms with Crippen molar-refractivity contribution < 1.29 is 15.0 Å². The highest BCUT2D eigenvalue weighted by atomic mass is 16.3. The molecule has 4 nitrogen and oxygen atoms in total. The zero-order valence-electron chi connectivity index (χ0n) is 11.7. The molecule has 0 saturated heterocycles. The molecule has 0 heterocycles. The van der Waals surface area contributed by atoms with E-state index in [0.717, 1.165) is 5.56 Å². The Kier molecular flexibility index (Phi) is 5.35. The molecule has 4 heteroatoms. The first kappa shape index (κ1) is 15.1. The molecule has 0 bridgehead atoms. The van der Waals surface area contributed by atoms with Gasteiger partial charge in [-0.15, -0.1) is 0 Å². The van der Waals surface area contributed by atoms with Crippen molar-refractivity contribution >= 4 is 5.91 Å². The number of benzene rings is 2. The Bertz CT molecular complexity index is 584. The maximum atomic E-state index is 12.3. The van der Waals surface area contributed by atoms with E-state index in [4.69, 9.17) is 5.11 Å². The van der Waals surface area contributed by atoms with Crippen LogP contribution in [0.15, 0.2) is 54.6 Å². The summed E-state index contributed by atoms with van der Waals surface area (Å²) in [4.78, 5) is 12.3. The lowest BCUT2D eigenvalue weighted by atomic mass is 10.0. The first-order valence-corrected chi connectivity index (χ1v) is 6.97. The number of carbonyl (C=O) groups is 1. The van der Waals surface area contributed by atoms with Gasteiger partial charge < -0.3 is 15.5 Å². The van der Waals surface area contributed by atoms with Crippen LogP contribution in [-0.2, 0) is 0 Å². The van der Waals surface area contributed by atoms with Crippen molar-refractivity contribution in [3.63, 3.8) is 0 Å². The highest BCUT2D eigenvalue weighted by molar-refractivity contribution is 5.97. The van der Waals surface area contributed by atoms with E-state index in [9.17, 15) is 9.90 Å². The Morgan fingerprint density at radius 3 is 2.38 bits per heavy atom. The third-order valence-corrected chi connectivity index (χ3v) is 3.31. The molecule has 1 unspecified atom stereocenters. The third-order valence-electron chi connectivity index (χ3n) is 3.31. The summed E-state index contributed by atoms with van der Waals surface area (Å²) in [7, 11) is 0. The van der Waals surface area contributed by atoms with Crippen LogP contribution in [0.1, 0.15) is 34.8 Å². The van der Waals surface area contributed by atoms with Gasteiger partial charge in [-0.3, -0.25) is 4.79 Å². The topological polar surface area (TPSA) is 69.6 Å². The van der Waals surface area contributed by atoms with Crippen LogP contribution in [0.5, 0.6) is 5.75 Å². The minimum atomic E-state index is -0.320. The third kappa shape index (κ3) is 4.07. The molecule has 1 atom stereocenters. The smallest absolute Gasteiger partial charge is 0.255 e. The van der Waals surface area contributed by atoms with Crippen molar-refractivity contribution in [1.82, 2.24) is 5.32 Å². The van der Waals surface area contributed by atoms with Gasteiger partial charge in [0.1, 0.15) is 5.75 Å². The molecule has 0 saturated carbocycles. The minimum absolute atomic E-state index is 0.0380. The van der Waals surface area contributed by atoms with Crippen molar-refractivity contribution in [2.75, 3.05) is 6.61 Å². The molecular weight excluding hydrogens is 266 g/mol. The van der Waals surface area contributed by atoms with Crippen molar-refractivity contribution in [2.24, 2.45) is 0 Å². The van der Waals surface area contributed by atoms with E-state index in [1.54, 1.807) is 18.2 Å². The van der Waals surface area contributed by atoms with Gasteiger partial charge in [0.25, 0.3) is 5.91 Å². The van der Waals surface area contributed by atoms with Crippen molar-refractivity contribution in [1.29, 1.82) is 0 Å². The second-order valence-corrected chi connectivity index (χ2v) is 4.82. The van der Waals surface area contributed by atoms with Gasteiger partial charge in [0.2, 0.25) is 0 Å². The van der Waals surface area contributed by atoms with Gasteiger partial charge in [0, 0.05) is 6.61 Å². The zero-order valence-corrected chi connectivity index (χ0v) is 11.7. The highest BCUT2D eigenvalue weighted by Gasteiger charge is 2.17. The fourth-order valence-electron chi connectivity index (χ4n) is 2.20. The van der Waals surface area contributed by atoms with Crippen LogP contribution in [0.25, 0.3) is 0 Å². The van der Waals surface area contributed by atoms with E-state index in [1.165, 1.54) is 6.07 Å². The summed E-state index contributed by atoms with van der Waals surface area (Å²) in [5.41, 5.74) is 1.23. The molecule has 2 aromatic rings. The largest absolute Gasteiger partial charge is 0.507 e. The first-order valence-electron chi connectivity index (χ1n) is 6.97. The summed E-state index contributed by atoms with van der Waals surface area (Å²) in [6.07, 6.45) is 1.24. The van der Waals surface area contributed by atoms with E-state index < -0.39 is 0 Å². The number of phenolic OH excluding ortho intramolecular Hbond substituents is 1. The number of para-hydroxylation sites is 1. The lowest BCUT2D eigenvalue weighted by molar-refractivity contribution is 0.0929. The fraction of sp³-hybridized carbons (Fsp3) is 0.235. The number of hydrogen-bond donors (Lipinski definition) is 3. The predicted molar refractivity (Wildman–Crippen MR) is 81.1 cm³/mol. The van der Waals surface area contributed by atoms with Crippen LogP contribution in [0.3, 0.4) is 0 Å². The molecular formula is C17H19NO3. The number of amides is 1. The number of rotatable bonds is 6. The highest BCUT2D eigenvalue weighted by Crippen LogP contribution is 2.21. The zero-order chi connectivity index (χ0) is 15.1. The van der Waals surface area contributed by atoms with Crippen molar-refractivity contribution in [3.05, 3.63) is 65.7 Å². The number of phenols is 1. The second kappa shape index (κ2) is 7.45. The lowest BCUT2D eigenvalue weighted by Gasteiger charge is -2.19. The standard InChI is InChI=1S/C17H19NO3/c19-12-6-10-15(13-7-2-1-3-8-13)18-17(21)14-9-4-5-11-16(14)20/h1-5,7-9,11,15,19-20H,6,10,12H2,(H,18,21). The molecule has 1 amide bonds. The summed E-state index contributed by atoms with van der Waals surface area (Å²) in [6, 6.07) is 15.9. The van der Waals surface area contributed by atoms with Crippen LogP contribution in [-0.4, -0.2) is 22.7 Å². The molecule has 0 fully saturated rings. The van der Waals surface area contributed by atoms with Gasteiger partial charge in [-0.05, 0) is 30.5 Å². The molecule has 21 heavy (non-hydrogen) atoms. The summed E-state index contributed by atoms with van der Waals surface area (Å²) in [5, 5.41) is 21.7. The average molecular weight is 285 g/mol. The number of aliphatic hydroxyl groups excluding tert-OH is 1. The van der Waals surface area contributed by atoms with Crippen molar-refractivity contribution in [3.8, 4) is 5.75 Å². The normalized spacial score (nSPS) is 11.9. The van der Waals surface area contributed by atoms with E-state index >= 15 is 0 Å². The predicted octanol–water partition coefficient (Wildman–Crippen LogP) is 2.64. The number of hydrogen-bond acceptors (Lipinski definition) is 3. The molecule has 110 valence electrons. The molecule has 2 rings (SSSR count). The Morgan fingerprint density at radius 1 is 1.05 bits per heavy atom. The molecule has 2 aromatic carbocycles. The molecule has 0 radical (unpaired) electrons. The monoisotopic (exact) mass is 285 g/mol. The Labute approximate surface area is 124 Å². The fourth-order valence-corrected chi connectivity index (χ4v) is 2.20. The quantitative estimate of drug-likeness (QED) is 0.764. The van der Waals surface area contributed by atoms with Gasteiger partial charge in [-0.25, -0.2) is 0 Å². The average Bonchev–Trinajstić information content (AvgIpc) is 2.52. The SMILES string of the molecule is O=C(NC(CCCO)c1ccccc1)c1ccccc1O. The summed E-state index contributed by atoms with van der Waals surface area (Å²) >= 11 is 0. The first-order chi connectivity index (χ1) is 10.2. The summed E-state index contributed by atoms with van der Waals surface area (Å²) < 4.78 is 0. The van der Waals surface area contributed by atoms with E-state index in [1.807, 2.05) is 30.3 Å². The Balaban J connectivity index is 2.15. The number of aromatic hydroxyl groups is 1. The van der Waals surface area contributed by atoms with Crippen LogP contribution in [0.2, 0.25) is 0 Å². The molecule has 3 N–H and O–H groups in total. The number of carbonyl (C=O) groups excluding carboxylic acids is 1. The lowest BCUT2D eigenvalue weighted by Crippen LogP contribution is -2.28.